The number of nitrogens with zero attached hydrogens (tertiary/aromatic N) is 1. The number of benzene rings is 2. The van der Waals surface area contributed by atoms with Crippen LogP contribution in [0.1, 0.15) is 11.1 Å². The van der Waals surface area contributed by atoms with E-state index < -0.39 is 29.0 Å². The molecular formula is C24H23BrFNO5. The third-order valence-electron chi connectivity index (χ3n) is 4.04. The summed E-state index contributed by atoms with van der Waals surface area (Å²) < 4.78 is 25.0. The summed E-state index contributed by atoms with van der Waals surface area (Å²) >= 11 is 3.24. The molecule has 32 heavy (non-hydrogen) atoms. The molecule has 2 aromatic carbocycles. The molecule has 2 aromatic rings. The molecule has 2 rings (SSSR count). The van der Waals surface area contributed by atoms with E-state index in [1.54, 1.807) is 24.3 Å². The molecule has 0 heterocycles. The highest BCUT2D eigenvalue weighted by molar-refractivity contribution is 9.09. The van der Waals surface area contributed by atoms with Crippen LogP contribution < -0.4 is 0 Å². The quantitative estimate of drug-likeness (QED) is 0.147. The molecule has 0 amide bonds. The summed E-state index contributed by atoms with van der Waals surface area (Å²) in [6.45, 7) is -0.237. The average Bonchev–Trinajstić information content (AvgIpc) is 2.83. The molecule has 0 N–H and O–H groups in total. The lowest BCUT2D eigenvalue weighted by atomic mass is 10.1. The average molecular weight is 504 g/mol. The van der Waals surface area contributed by atoms with Crippen molar-refractivity contribution in [3.8, 4) is 0 Å². The molecule has 0 aliphatic carbocycles. The first-order valence-corrected chi connectivity index (χ1v) is 10.6. The molecule has 0 saturated heterocycles. The first-order chi connectivity index (χ1) is 15.5. The van der Waals surface area contributed by atoms with E-state index in [0.29, 0.717) is 0 Å². The van der Waals surface area contributed by atoms with Crippen molar-refractivity contribution in [3.63, 3.8) is 0 Å². The molecule has 0 aliphatic heterocycles. The normalized spacial score (nSPS) is 14.3. The molecule has 6 nitrogen and oxygen atoms in total. The molecule has 0 bridgehead atoms. The van der Waals surface area contributed by atoms with Crippen molar-refractivity contribution >= 4 is 46.2 Å². The number of ether oxygens (including phenoxy) is 2. The van der Waals surface area contributed by atoms with Crippen molar-refractivity contribution in [1.29, 1.82) is 0 Å². The van der Waals surface area contributed by atoms with Gasteiger partial charge in [0, 0.05) is 12.2 Å². The van der Waals surface area contributed by atoms with E-state index in [1.165, 1.54) is 19.3 Å². The van der Waals surface area contributed by atoms with Crippen LogP contribution in [0.5, 0.6) is 0 Å². The topological polar surface area (TPSA) is 74.2 Å². The van der Waals surface area contributed by atoms with Gasteiger partial charge in [-0.1, -0.05) is 81.7 Å². The largest absolute Gasteiger partial charge is 0.461 e. The van der Waals surface area contributed by atoms with Gasteiger partial charge in [0.1, 0.15) is 13.7 Å². The van der Waals surface area contributed by atoms with Crippen molar-refractivity contribution in [2.24, 2.45) is 5.16 Å². The fraction of sp³-hybridized carbons (Fsp3) is 0.208. The van der Waals surface area contributed by atoms with Gasteiger partial charge in [0.25, 0.3) is 0 Å². The standard InChI is InChI=1S/C24H23BrFNO5/c1-30-27-16-21(26)24(32-23(29)15-13-19-10-6-3-7-11-19)20(25)17-31-22(28)14-12-18-8-4-2-5-9-18/h2-16,20-21,24H,17H2,1H3/t20-,21+,24-/m1/s1. The Morgan fingerprint density at radius 2 is 1.50 bits per heavy atom. The van der Waals surface area contributed by atoms with Gasteiger partial charge in [-0.15, -0.1) is 0 Å². The minimum atomic E-state index is -1.80. The molecule has 0 fully saturated rings. The van der Waals surface area contributed by atoms with Gasteiger partial charge in [-0.3, -0.25) is 0 Å². The summed E-state index contributed by atoms with van der Waals surface area (Å²) in [4.78, 5) is 27.9. The Kier molecular flexibility index (Phi) is 10.9. The van der Waals surface area contributed by atoms with Crippen molar-refractivity contribution in [1.82, 2.24) is 0 Å². The van der Waals surface area contributed by atoms with Gasteiger partial charge < -0.3 is 14.3 Å². The van der Waals surface area contributed by atoms with Gasteiger partial charge in [0.15, 0.2) is 12.3 Å². The Hall–Kier alpha value is -3.26. The molecule has 168 valence electrons. The Bertz CT molecular complexity index is 934. The number of hydrogen-bond acceptors (Lipinski definition) is 6. The summed E-state index contributed by atoms with van der Waals surface area (Å²) in [7, 11) is 1.26. The van der Waals surface area contributed by atoms with Gasteiger partial charge in [-0.2, -0.15) is 0 Å². The predicted molar refractivity (Wildman–Crippen MR) is 125 cm³/mol. The first-order valence-electron chi connectivity index (χ1n) is 9.68. The highest BCUT2D eigenvalue weighted by atomic mass is 79.9. The van der Waals surface area contributed by atoms with Gasteiger partial charge in [-0.25, -0.2) is 14.0 Å². The van der Waals surface area contributed by atoms with Crippen molar-refractivity contribution in [3.05, 3.63) is 83.9 Å². The number of halogens is 2. The van der Waals surface area contributed by atoms with Crippen molar-refractivity contribution in [2.45, 2.75) is 17.1 Å². The predicted octanol–water partition coefficient (Wildman–Crippen LogP) is 4.60. The maximum absolute atomic E-state index is 14.6. The Morgan fingerprint density at radius 3 is 2.03 bits per heavy atom. The molecule has 0 unspecified atom stereocenters. The third-order valence-corrected chi connectivity index (χ3v) is 4.82. The second kappa shape index (κ2) is 13.9. The van der Waals surface area contributed by atoms with E-state index in [2.05, 4.69) is 25.9 Å². The van der Waals surface area contributed by atoms with Crippen LogP contribution in [0.3, 0.4) is 0 Å². The fourth-order valence-electron chi connectivity index (χ4n) is 2.48. The Balaban J connectivity index is 1.97. The molecule has 3 atom stereocenters. The van der Waals surface area contributed by atoms with E-state index in [0.717, 1.165) is 17.3 Å². The van der Waals surface area contributed by atoms with E-state index in [9.17, 15) is 14.0 Å². The smallest absolute Gasteiger partial charge is 0.331 e. The van der Waals surface area contributed by atoms with Crippen LogP contribution in [-0.4, -0.2) is 49.0 Å². The first kappa shape index (κ1) is 25.0. The minimum Gasteiger partial charge on any atom is -0.461 e. The molecule has 0 aliphatic rings. The third kappa shape index (κ3) is 9.26. The maximum Gasteiger partial charge on any atom is 0.331 e. The zero-order chi connectivity index (χ0) is 23.2. The van der Waals surface area contributed by atoms with Crippen molar-refractivity contribution in [2.75, 3.05) is 13.7 Å². The summed E-state index contributed by atoms with van der Waals surface area (Å²) in [5, 5.41) is 3.39. The zero-order valence-electron chi connectivity index (χ0n) is 17.3. The summed E-state index contributed by atoms with van der Waals surface area (Å²) in [6, 6.07) is 18.3. The molecule has 0 spiro atoms. The Morgan fingerprint density at radius 1 is 0.969 bits per heavy atom. The number of alkyl halides is 2. The summed E-state index contributed by atoms with van der Waals surface area (Å²) in [5.74, 6) is -1.37. The molecular weight excluding hydrogens is 481 g/mol. The lowest BCUT2D eigenvalue weighted by Gasteiger charge is -2.23. The number of esters is 2. The van der Waals surface area contributed by atoms with Crippen LogP contribution in [0, 0.1) is 0 Å². The van der Waals surface area contributed by atoms with Crippen LogP contribution in [0.15, 0.2) is 78.0 Å². The Labute approximate surface area is 194 Å². The van der Waals surface area contributed by atoms with Gasteiger partial charge in [0.2, 0.25) is 0 Å². The SMILES string of the molecule is CON=C[C@H](F)[C@H](OC(=O)C=Cc1ccccc1)[C@H](Br)COC(=O)C=Cc1ccccc1. The van der Waals surface area contributed by atoms with Crippen LogP contribution in [0.25, 0.3) is 12.2 Å². The van der Waals surface area contributed by atoms with E-state index in [-0.39, 0.29) is 6.61 Å². The fourth-order valence-corrected chi connectivity index (χ4v) is 3.01. The molecule has 8 heteroatoms. The van der Waals surface area contributed by atoms with Crippen LogP contribution in [0.2, 0.25) is 0 Å². The highest BCUT2D eigenvalue weighted by Gasteiger charge is 2.31. The lowest BCUT2D eigenvalue weighted by molar-refractivity contribution is -0.146. The van der Waals surface area contributed by atoms with Crippen LogP contribution >= 0.6 is 15.9 Å². The van der Waals surface area contributed by atoms with Crippen LogP contribution in [-0.2, 0) is 23.9 Å². The minimum absolute atomic E-state index is 0.237. The van der Waals surface area contributed by atoms with Gasteiger partial charge >= 0.3 is 11.9 Å². The van der Waals surface area contributed by atoms with E-state index in [1.807, 2.05) is 48.5 Å². The van der Waals surface area contributed by atoms with Gasteiger partial charge in [-0.05, 0) is 23.3 Å². The second-order valence-corrected chi connectivity index (χ2v) is 7.59. The van der Waals surface area contributed by atoms with Crippen molar-refractivity contribution < 1.29 is 28.3 Å². The highest BCUT2D eigenvalue weighted by Crippen LogP contribution is 2.17. The van der Waals surface area contributed by atoms with Crippen LogP contribution in [0.4, 0.5) is 4.39 Å². The number of carbonyl (C=O) groups excluding carboxylic acids is 2. The summed E-state index contributed by atoms with van der Waals surface area (Å²) in [6.07, 6.45) is 3.35. The maximum atomic E-state index is 14.6. The zero-order valence-corrected chi connectivity index (χ0v) is 18.9. The molecule has 0 aromatic heterocycles. The number of rotatable bonds is 11. The van der Waals surface area contributed by atoms with Gasteiger partial charge in [0.05, 0.1) is 11.0 Å². The number of oxime groups is 1. The second-order valence-electron chi connectivity index (χ2n) is 6.42. The van der Waals surface area contributed by atoms with E-state index in [4.69, 9.17) is 9.47 Å². The molecule has 0 radical (unpaired) electrons. The number of hydrogen-bond donors (Lipinski definition) is 0. The monoisotopic (exact) mass is 503 g/mol. The van der Waals surface area contributed by atoms with E-state index >= 15 is 0 Å². The summed E-state index contributed by atoms with van der Waals surface area (Å²) in [5.41, 5.74) is 1.62. The molecule has 0 saturated carbocycles. The lowest BCUT2D eigenvalue weighted by Crippen LogP contribution is -2.39. The number of carbonyl (C=O) groups is 2.